The van der Waals surface area contributed by atoms with Gasteiger partial charge in [-0.25, -0.2) is 0 Å². The van der Waals surface area contributed by atoms with Crippen LogP contribution in [-0.2, 0) is 0 Å². The molecule has 0 spiro atoms. The van der Waals surface area contributed by atoms with E-state index in [0.29, 0.717) is 12.3 Å². The van der Waals surface area contributed by atoms with Crippen LogP contribution in [-0.4, -0.2) is 17.8 Å². The van der Waals surface area contributed by atoms with Gasteiger partial charge in [-0.2, -0.15) is 0 Å². The van der Waals surface area contributed by atoms with Crippen molar-refractivity contribution >= 4 is 0 Å². The predicted octanol–water partition coefficient (Wildman–Crippen LogP) is 1.38. The first-order chi connectivity index (χ1) is 4.89. The molecule has 0 radical (unpaired) electrons. The van der Waals surface area contributed by atoms with Gasteiger partial charge in [-0.15, -0.1) is 0 Å². The standard InChI is InChI=1S/C9H21NO/c1-7(9(2,3)4)8(10)5-6-11/h7-8,11H,5-6,10H2,1-4H3. The smallest absolute Gasteiger partial charge is 0.0445 e. The lowest BCUT2D eigenvalue weighted by Crippen LogP contribution is -2.37. The summed E-state index contributed by atoms with van der Waals surface area (Å²) in [6.07, 6.45) is 0.707. The largest absolute Gasteiger partial charge is 0.396 e. The number of nitrogens with two attached hydrogens (primary N) is 1. The Bertz CT molecular complexity index is 107. The van der Waals surface area contributed by atoms with Gasteiger partial charge in [0.2, 0.25) is 0 Å². The van der Waals surface area contributed by atoms with E-state index >= 15 is 0 Å². The Morgan fingerprint density at radius 1 is 1.36 bits per heavy atom. The van der Waals surface area contributed by atoms with Crippen molar-refractivity contribution in [3.63, 3.8) is 0 Å². The normalized spacial score (nSPS) is 18.0. The maximum atomic E-state index is 8.67. The van der Waals surface area contributed by atoms with Crippen molar-refractivity contribution in [2.45, 2.75) is 40.2 Å². The van der Waals surface area contributed by atoms with Gasteiger partial charge < -0.3 is 10.8 Å². The highest BCUT2D eigenvalue weighted by Crippen LogP contribution is 2.28. The highest BCUT2D eigenvalue weighted by molar-refractivity contribution is 4.79. The fourth-order valence-corrected chi connectivity index (χ4v) is 1.04. The molecular weight excluding hydrogens is 138 g/mol. The van der Waals surface area contributed by atoms with Crippen molar-refractivity contribution in [1.29, 1.82) is 0 Å². The van der Waals surface area contributed by atoms with E-state index in [2.05, 4.69) is 27.7 Å². The summed E-state index contributed by atoms with van der Waals surface area (Å²) in [5, 5.41) is 8.67. The Labute approximate surface area is 69.8 Å². The van der Waals surface area contributed by atoms with Gasteiger partial charge >= 0.3 is 0 Å². The van der Waals surface area contributed by atoms with Gasteiger partial charge in [0.15, 0.2) is 0 Å². The van der Waals surface area contributed by atoms with E-state index in [4.69, 9.17) is 10.8 Å². The number of aliphatic hydroxyl groups excluding tert-OH is 1. The summed E-state index contributed by atoms with van der Waals surface area (Å²) in [5.74, 6) is 0.453. The summed E-state index contributed by atoms with van der Waals surface area (Å²) >= 11 is 0. The third kappa shape index (κ3) is 3.73. The summed E-state index contributed by atoms with van der Waals surface area (Å²) in [5.41, 5.74) is 6.10. The zero-order valence-corrected chi connectivity index (χ0v) is 8.09. The van der Waals surface area contributed by atoms with Crippen LogP contribution >= 0.6 is 0 Å². The van der Waals surface area contributed by atoms with Crippen molar-refractivity contribution in [2.24, 2.45) is 17.1 Å². The number of hydrogen-bond acceptors (Lipinski definition) is 2. The average Bonchev–Trinajstić information content (AvgIpc) is 1.85. The lowest BCUT2D eigenvalue weighted by Gasteiger charge is -2.31. The Morgan fingerprint density at radius 2 is 1.82 bits per heavy atom. The maximum Gasteiger partial charge on any atom is 0.0445 e. The molecule has 0 aliphatic heterocycles. The van der Waals surface area contributed by atoms with Crippen LogP contribution in [0.4, 0.5) is 0 Å². The Morgan fingerprint density at radius 3 is 2.09 bits per heavy atom. The molecule has 0 rings (SSSR count). The van der Waals surface area contributed by atoms with E-state index in [1.165, 1.54) is 0 Å². The Balaban J connectivity index is 3.91. The molecular formula is C9H21NO. The van der Waals surface area contributed by atoms with Crippen LogP contribution in [0.5, 0.6) is 0 Å². The van der Waals surface area contributed by atoms with Gasteiger partial charge in [0.05, 0.1) is 0 Å². The lowest BCUT2D eigenvalue weighted by molar-refractivity contribution is 0.187. The molecule has 2 unspecified atom stereocenters. The second kappa shape index (κ2) is 4.07. The molecule has 0 aliphatic carbocycles. The van der Waals surface area contributed by atoms with E-state index in [-0.39, 0.29) is 18.1 Å². The van der Waals surface area contributed by atoms with E-state index in [1.54, 1.807) is 0 Å². The monoisotopic (exact) mass is 159 g/mol. The van der Waals surface area contributed by atoms with Crippen molar-refractivity contribution in [2.75, 3.05) is 6.61 Å². The SMILES string of the molecule is CC(C(N)CCO)C(C)(C)C. The molecule has 0 heterocycles. The Kier molecular flexibility index (Phi) is 4.04. The third-order valence-electron chi connectivity index (χ3n) is 2.47. The van der Waals surface area contributed by atoms with Crippen LogP contribution in [0.25, 0.3) is 0 Å². The molecule has 0 amide bonds. The summed E-state index contributed by atoms with van der Waals surface area (Å²) in [6.45, 7) is 8.86. The van der Waals surface area contributed by atoms with Gasteiger partial charge in [0.1, 0.15) is 0 Å². The fraction of sp³-hybridized carbons (Fsp3) is 1.00. The zero-order chi connectivity index (χ0) is 9.07. The molecule has 0 aromatic rings. The summed E-state index contributed by atoms with van der Waals surface area (Å²) in [7, 11) is 0. The van der Waals surface area contributed by atoms with Crippen LogP contribution in [0.3, 0.4) is 0 Å². The number of hydrogen-bond donors (Lipinski definition) is 2. The minimum Gasteiger partial charge on any atom is -0.396 e. The molecule has 11 heavy (non-hydrogen) atoms. The van der Waals surface area contributed by atoms with Crippen LogP contribution in [0.2, 0.25) is 0 Å². The molecule has 3 N–H and O–H groups in total. The van der Waals surface area contributed by atoms with E-state index in [0.717, 1.165) is 0 Å². The molecule has 0 saturated carbocycles. The first kappa shape index (κ1) is 10.9. The van der Waals surface area contributed by atoms with Crippen molar-refractivity contribution in [1.82, 2.24) is 0 Å². The maximum absolute atomic E-state index is 8.67. The van der Waals surface area contributed by atoms with Crippen LogP contribution < -0.4 is 5.73 Å². The Hall–Kier alpha value is -0.0800. The minimum atomic E-state index is 0.125. The molecule has 0 aromatic carbocycles. The molecule has 2 atom stereocenters. The third-order valence-corrected chi connectivity index (χ3v) is 2.47. The van der Waals surface area contributed by atoms with Crippen molar-refractivity contribution < 1.29 is 5.11 Å². The first-order valence-electron chi connectivity index (χ1n) is 4.26. The van der Waals surface area contributed by atoms with Gasteiger partial charge in [0, 0.05) is 12.6 Å². The highest BCUT2D eigenvalue weighted by Gasteiger charge is 2.24. The summed E-state index contributed by atoms with van der Waals surface area (Å²) in [6, 6.07) is 0.125. The molecule has 0 bridgehead atoms. The molecule has 2 nitrogen and oxygen atoms in total. The van der Waals surface area contributed by atoms with Gasteiger partial charge in [-0.3, -0.25) is 0 Å². The topological polar surface area (TPSA) is 46.2 Å². The molecule has 0 aromatic heterocycles. The molecule has 0 aliphatic rings. The first-order valence-corrected chi connectivity index (χ1v) is 4.26. The highest BCUT2D eigenvalue weighted by atomic mass is 16.3. The minimum absolute atomic E-state index is 0.125. The summed E-state index contributed by atoms with van der Waals surface area (Å²) < 4.78 is 0. The van der Waals surface area contributed by atoms with E-state index in [9.17, 15) is 0 Å². The van der Waals surface area contributed by atoms with E-state index in [1.807, 2.05) is 0 Å². The second-order valence-corrected chi connectivity index (χ2v) is 4.33. The lowest BCUT2D eigenvalue weighted by atomic mass is 9.77. The molecule has 0 fully saturated rings. The number of rotatable bonds is 3. The van der Waals surface area contributed by atoms with Gasteiger partial charge in [-0.1, -0.05) is 27.7 Å². The van der Waals surface area contributed by atoms with Gasteiger partial charge in [-0.05, 0) is 17.8 Å². The van der Waals surface area contributed by atoms with Crippen LogP contribution in [0.1, 0.15) is 34.1 Å². The molecule has 0 saturated heterocycles. The summed E-state index contributed by atoms with van der Waals surface area (Å²) in [4.78, 5) is 0. The molecule has 2 heteroatoms. The van der Waals surface area contributed by atoms with Crippen molar-refractivity contribution in [3.05, 3.63) is 0 Å². The number of aliphatic hydroxyl groups is 1. The quantitative estimate of drug-likeness (QED) is 0.653. The van der Waals surface area contributed by atoms with Crippen molar-refractivity contribution in [3.8, 4) is 0 Å². The fourth-order valence-electron chi connectivity index (χ4n) is 1.04. The van der Waals surface area contributed by atoms with E-state index < -0.39 is 0 Å². The zero-order valence-electron chi connectivity index (χ0n) is 8.09. The molecule has 68 valence electrons. The predicted molar refractivity (Wildman–Crippen MR) is 48.3 cm³/mol. The van der Waals surface area contributed by atoms with Crippen LogP contribution in [0.15, 0.2) is 0 Å². The second-order valence-electron chi connectivity index (χ2n) is 4.33. The van der Waals surface area contributed by atoms with Crippen LogP contribution in [0, 0.1) is 11.3 Å². The van der Waals surface area contributed by atoms with Gasteiger partial charge in [0.25, 0.3) is 0 Å². The average molecular weight is 159 g/mol.